The Labute approximate surface area is 163 Å². The summed E-state index contributed by atoms with van der Waals surface area (Å²) in [6.07, 6.45) is 5.49. The van der Waals surface area contributed by atoms with Crippen LogP contribution in [0.2, 0.25) is 0 Å². The van der Waals surface area contributed by atoms with Crippen LogP contribution in [0.5, 0.6) is 0 Å². The molecule has 7 heteroatoms. The Morgan fingerprint density at radius 3 is 2.71 bits per heavy atom. The molecule has 0 unspecified atom stereocenters. The Balaban J connectivity index is 1.78. The molecule has 1 aromatic heterocycles. The van der Waals surface area contributed by atoms with E-state index in [0.29, 0.717) is 12.1 Å². The van der Waals surface area contributed by atoms with Crippen molar-refractivity contribution in [2.45, 2.75) is 45.4 Å². The van der Waals surface area contributed by atoms with E-state index < -0.39 is 24.5 Å². The van der Waals surface area contributed by atoms with Gasteiger partial charge in [-0.05, 0) is 43.7 Å². The van der Waals surface area contributed by atoms with Gasteiger partial charge in [0.15, 0.2) is 6.61 Å². The van der Waals surface area contributed by atoms with Crippen molar-refractivity contribution < 1.29 is 19.1 Å². The Morgan fingerprint density at radius 1 is 1.11 bits per heavy atom. The molecule has 3 amide bonds. The number of carbonyl (C=O) groups excluding carboxylic acids is 3. The van der Waals surface area contributed by atoms with E-state index in [1.54, 1.807) is 0 Å². The summed E-state index contributed by atoms with van der Waals surface area (Å²) >= 11 is 0. The third kappa shape index (κ3) is 4.65. The fourth-order valence-corrected chi connectivity index (χ4v) is 3.43. The predicted molar refractivity (Wildman–Crippen MR) is 105 cm³/mol. The fourth-order valence-electron chi connectivity index (χ4n) is 3.43. The first-order valence-electron chi connectivity index (χ1n) is 9.75. The highest BCUT2D eigenvalue weighted by Crippen LogP contribution is 2.29. The van der Waals surface area contributed by atoms with Crippen LogP contribution in [0.3, 0.4) is 0 Å². The zero-order valence-corrected chi connectivity index (χ0v) is 16.0. The lowest BCUT2D eigenvalue weighted by Crippen LogP contribution is -2.41. The van der Waals surface area contributed by atoms with Gasteiger partial charge in [-0.1, -0.05) is 31.5 Å². The van der Waals surface area contributed by atoms with Crippen molar-refractivity contribution in [3.05, 3.63) is 41.1 Å². The summed E-state index contributed by atoms with van der Waals surface area (Å²) in [5.41, 5.74) is 3.10. The van der Waals surface area contributed by atoms with Crippen LogP contribution in [-0.4, -0.2) is 36.0 Å². The van der Waals surface area contributed by atoms with Crippen LogP contribution < -0.4 is 10.6 Å². The third-order valence-electron chi connectivity index (χ3n) is 4.75. The first-order valence-corrected chi connectivity index (χ1v) is 9.75. The second-order valence-corrected chi connectivity index (χ2v) is 6.87. The summed E-state index contributed by atoms with van der Waals surface area (Å²) in [7, 11) is 0. The number of benzene rings is 1. The summed E-state index contributed by atoms with van der Waals surface area (Å²) in [6.45, 7) is 1.86. The number of imide groups is 1. The number of nitrogens with one attached hydrogen (secondary N) is 2. The number of amides is 3. The fraction of sp³-hybridized carbons (Fsp3) is 0.429. The molecule has 1 aliphatic carbocycles. The second kappa shape index (κ2) is 9.30. The van der Waals surface area contributed by atoms with E-state index in [-0.39, 0.29) is 0 Å². The monoisotopic (exact) mass is 383 g/mol. The van der Waals surface area contributed by atoms with Crippen LogP contribution in [0.15, 0.2) is 24.3 Å². The number of urea groups is 1. The number of ether oxygens (including phenoxy) is 1. The summed E-state index contributed by atoms with van der Waals surface area (Å²) in [4.78, 5) is 41.1. The smallest absolute Gasteiger partial charge is 0.339 e. The molecule has 148 valence electrons. The molecule has 2 aromatic rings. The van der Waals surface area contributed by atoms with Gasteiger partial charge >= 0.3 is 12.0 Å². The molecule has 0 spiro atoms. The first kappa shape index (κ1) is 19.8. The molecule has 1 aliphatic rings. The summed E-state index contributed by atoms with van der Waals surface area (Å²) in [5.74, 6) is -1.22. The number of para-hydroxylation sites is 1. The van der Waals surface area contributed by atoms with Gasteiger partial charge < -0.3 is 10.1 Å². The molecule has 1 heterocycles. The van der Waals surface area contributed by atoms with E-state index in [1.165, 1.54) is 0 Å². The quantitative estimate of drug-likeness (QED) is 0.611. The minimum absolute atomic E-state index is 0.466. The maximum Gasteiger partial charge on any atom is 0.339 e. The first-order chi connectivity index (χ1) is 13.6. The number of aromatic nitrogens is 1. The molecule has 0 atom stereocenters. The van der Waals surface area contributed by atoms with Gasteiger partial charge in [0.2, 0.25) is 0 Å². The zero-order chi connectivity index (χ0) is 19.9. The molecule has 0 bridgehead atoms. The maximum atomic E-state index is 12.9. The lowest BCUT2D eigenvalue weighted by atomic mass is 9.97. The SMILES string of the molecule is CCCNC(=O)NC(=O)COC(=O)c1c2c(nc3ccccc13)CCCCC2. The molecule has 0 saturated heterocycles. The van der Waals surface area contributed by atoms with Gasteiger partial charge in [-0.3, -0.25) is 15.1 Å². The van der Waals surface area contributed by atoms with Crippen molar-refractivity contribution in [2.75, 3.05) is 13.2 Å². The molecule has 3 rings (SSSR count). The van der Waals surface area contributed by atoms with Crippen molar-refractivity contribution in [1.29, 1.82) is 0 Å². The highest BCUT2D eigenvalue weighted by atomic mass is 16.5. The summed E-state index contributed by atoms with van der Waals surface area (Å²) in [5, 5.41) is 5.42. The Bertz CT molecular complexity index is 895. The normalized spacial score (nSPS) is 13.3. The van der Waals surface area contributed by atoms with Crippen molar-refractivity contribution in [2.24, 2.45) is 0 Å². The van der Waals surface area contributed by atoms with Crippen molar-refractivity contribution in [3.8, 4) is 0 Å². The highest BCUT2D eigenvalue weighted by Gasteiger charge is 2.23. The van der Waals surface area contributed by atoms with Gasteiger partial charge in [0, 0.05) is 17.6 Å². The van der Waals surface area contributed by atoms with E-state index in [9.17, 15) is 14.4 Å². The van der Waals surface area contributed by atoms with E-state index in [4.69, 9.17) is 9.72 Å². The summed E-state index contributed by atoms with van der Waals surface area (Å²) < 4.78 is 5.25. The summed E-state index contributed by atoms with van der Waals surface area (Å²) in [6, 6.07) is 6.88. The number of carbonyl (C=O) groups is 3. The molecule has 0 fully saturated rings. The van der Waals surface area contributed by atoms with Gasteiger partial charge in [-0.15, -0.1) is 0 Å². The van der Waals surface area contributed by atoms with Crippen molar-refractivity contribution in [1.82, 2.24) is 15.6 Å². The number of esters is 1. The van der Waals surface area contributed by atoms with Gasteiger partial charge in [-0.25, -0.2) is 9.59 Å². The average molecular weight is 383 g/mol. The number of hydrogen-bond acceptors (Lipinski definition) is 5. The van der Waals surface area contributed by atoms with E-state index >= 15 is 0 Å². The number of nitrogens with zero attached hydrogens (tertiary/aromatic N) is 1. The van der Waals surface area contributed by atoms with Gasteiger partial charge in [-0.2, -0.15) is 0 Å². The minimum atomic E-state index is -0.661. The second-order valence-electron chi connectivity index (χ2n) is 6.87. The van der Waals surface area contributed by atoms with Gasteiger partial charge in [0.05, 0.1) is 11.1 Å². The number of hydrogen-bond donors (Lipinski definition) is 2. The number of pyridine rings is 1. The van der Waals surface area contributed by atoms with Crippen LogP contribution in [0, 0.1) is 0 Å². The van der Waals surface area contributed by atoms with Crippen LogP contribution in [-0.2, 0) is 22.4 Å². The van der Waals surface area contributed by atoms with E-state index in [1.807, 2.05) is 31.2 Å². The number of aryl methyl sites for hydroxylation is 1. The predicted octanol–water partition coefficient (Wildman–Crippen LogP) is 2.90. The molecule has 0 saturated carbocycles. The van der Waals surface area contributed by atoms with E-state index in [0.717, 1.165) is 60.7 Å². The van der Waals surface area contributed by atoms with Crippen LogP contribution in [0.25, 0.3) is 10.9 Å². The molecule has 2 N–H and O–H groups in total. The molecule has 0 radical (unpaired) electrons. The maximum absolute atomic E-state index is 12.9. The Hall–Kier alpha value is -2.96. The Kier molecular flexibility index (Phi) is 6.57. The average Bonchev–Trinajstić information content (AvgIpc) is 2.93. The van der Waals surface area contributed by atoms with Gasteiger partial charge in [0.25, 0.3) is 5.91 Å². The molecule has 0 aliphatic heterocycles. The molecular formula is C21H25N3O4. The van der Waals surface area contributed by atoms with Crippen molar-refractivity contribution in [3.63, 3.8) is 0 Å². The largest absolute Gasteiger partial charge is 0.452 e. The van der Waals surface area contributed by atoms with Crippen LogP contribution >= 0.6 is 0 Å². The molecular weight excluding hydrogens is 358 g/mol. The van der Waals surface area contributed by atoms with Gasteiger partial charge in [0.1, 0.15) is 0 Å². The molecule has 28 heavy (non-hydrogen) atoms. The van der Waals surface area contributed by atoms with Crippen LogP contribution in [0.4, 0.5) is 4.79 Å². The minimum Gasteiger partial charge on any atom is -0.452 e. The zero-order valence-electron chi connectivity index (χ0n) is 16.0. The van der Waals surface area contributed by atoms with Crippen LogP contribution in [0.1, 0.15) is 54.2 Å². The lowest BCUT2D eigenvalue weighted by Gasteiger charge is -2.15. The highest BCUT2D eigenvalue weighted by molar-refractivity contribution is 6.06. The lowest BCUT2D eigenvalue weighted by molar-refractivity contribution is -0.123. The number of fused-ring (bicyclic) bond motifs is 2. The number of rotatable bonds is 5. The van der Waals surface area contributed by atoms with E-state index in [2.05, 4.69) is 10.6 Å². The molecule has 1 aromatic carbocycles. The van der Waals surface area contributed by atoms with Crippen molar-refractivity contribution >= 4 is 28.8 Å². The molecule has 7 nitrogen and oxygen atoms in total. The standard InChI is InChI=1S/C21H25N3O4/c1-2-12-22-21(27)24-18(25)13-28-20(26)19-14-8-4-3-5-10-16(14)23-17-11-7-6-9-15(17)19/h6-7,9,11H,2-5,8,10,12-13H2,1H3,(H2,22,24,25,27). The Morgan fingerprint density at radius 2 is 1.89 bits per heavy atom. The third-order valence-corrected chi connectivity index (χ3v) is 4.75. The topological polar surface area (TPSA) is 97.4 Å².